The molecular weight excluding hydrogens is 178 g/mol. The van der Waals surface area contributed by atoms with Crippen LogP contribution in [0.25, 0.3) is 0 Å². The topological polar surface area (TPSA) is 130 Å². The second-order valence-electron chi connectivity index (χ2n) is 3.14. The lowest BCUT2D eigenvalue weighted by molar-refractivity contribution is -0.147. The van der Waals surface area contributed by atoms with Crippen molar-refractivity contribution in [2.24, 2.45) is 0 Å². The van der Waals surface area contributed by atoms with E-state index in [4.69, 9.17) is 15.3 Å². The molecule has 13 heavy (non-hydrogen) atoms. The highest BCUT2D eigenvalue weighted by Crippen LogP contribution is 1.93. The number of aliphatic hydroxyl groups is 1. The fourth-order valence-corrected chi connectivity index (χ4v) is 0.129. The lowest BCUT2D eigenvalue weighted by Gasteiger charge is -2.04. The standard InChI is InChI=1S/C4H10O.C3H4O4.H3N/c1-4(2,3)5;4-2(5)1-3(6)7;/h5H,1-3H3;1H2,(H,4,5)(H,6,7);1H3. The first-order valence-corrected chi connectivity index (χ1v) is 3.29. The fraction of sp³-hybridized carbons (Fsp3) is 0.714. The molecule has 0 amide bonds. The largest absolute Gasteiger partial charge is 0.481 e. The van der Waals surface area contributed by atoms with Crippen LogP contribution in [-0.2, 0) is 9.59 Å². The Bertz CT molecular complexity index is 143. The van der Waals surface area contributed by atoms with E-state index in [1.165, 1.54) is 0 Å². The minimum atomic E-state index is -1.31. The molecule has 6 N–H and O–H groups in total. The summed E-state index contributed by atoms with van der Waals surface area (Å²) in [7, 11) is 0. The van der Waals surface area contributed by atoms with Gasteiger partial charge in [0.2, 0.25) is 0 Å². The molecule has 0 saturated heterocycles. The highest BCUT2D eigenvalue weighted by Gasteiger charge is 2.01. The predicted molar refractivity (Wildman–Crippen MR) is 46.9 cm³/mol. The third kappa shape index (κ3) is 104. The molecule has 6 heteroatoms. The maximum atomic E-state index is 9.43. The molecule has 0 saturated carbocycles. The summed E-state index contributed by atoms with van der Waals surface area (Å²) in [5, 5.41) is 23.9. The van der Waals surface area contributed by atoms with Crippen molar-refractivity contribution in [1.29, 1.82) is 0 Å². The van der Waals surface area contributed by atoms with Gasteiger partial charge >= 0.3 is 11.9 Å². The lowest BCUT2D eigenvalue weighted by Crippen LogP contribution is -2.10. The molecule has 0 aliphatic heterocycles. The van der Waals surface area contributed by atoms with Crippen molar-refractivity contribution in [3.63, 3.8) is 0 Å². The first-order valence-electron chi connectivity index (χ1n) is 3.29. The van der Waals surface area contributed by atoms with Gasteiger partial charge in [0, 0.05) is 0 Å². The van der Waals surface area contributed by atoms with E-state index in [0.717, 1.165) is 0 Å². The van der Waals surface area contributed by atoms with Crippen molar-refractivity contribution in [3.8, 4) is 0 Å². The molecule has 0 bridgehead atoms. The van der Waals surface area contributed by atoms with Crippen molar-refractivity contribution in [2.75, 3.05) is 0 Å². The van der Waals surface area contributed by atoms with Crippen LogP contribution in [0.4, 0.5) is 0 Å². The Kier molecular flexibility index (Phi) is 10.3. The predicted octanol–water partition coefficient (Wildman–Crippen LogP) is 0.485. The summed E-state index contributed by atoms with van der Waals surface area (Å²) in [6.07, 6.45) is -0.806. The average Bonchev–Trinajstić information content (AvgIpc) is 1.52. The smallest absolute Gasteiger partial charge is 0.314 e. The van der Waals surface area contributed by atoms with Crippen molar-refractivity contribution in [2.45, 2.75) is 32.8 Å². The van der Waals surface area contributed by atoms with Gasteiger partial charge in [-0.1, -0.05) is 0 Å². The number of carboxylic acid groups (broad SMARTS) is 2. The molecule has 0 aromatic heterocycles. The Morgan fingerprint density at radius 1 is 1.08 bits per heavy atom. The third-order valence-electron chi connectivity index (χ3n) is 0.302. The average molecular weight is 195 g/mol. The first-order chi connectivity index (χ1) is 5.13. The highest BCUT2D eigenvalue weighted by atomic mass is 16.4. The summed E-state index contributed by atoms with van der Waals surface area (Å²) in [5.74, 6) is -2.62. The Hall–Kier alpha value is -1.14. The number of rotatable bonds is 2. The van der Waals surface area contributed by atoms with E-state index in [1.807, 2.05) is 0 Å². The van der Waals surface area contributed by atoms with Crippen LogP contribution >= 0.6 is 0 Å². The molecule has 0 rings (SSSR count). The van der Waals surface area contributed by atoms with E-state index >= 15 is 0 Å². The molecule has 6 nitrogen and oxygen atoms in total. The number of aliphatic carboxylic acids is 2. The van der Waals surface area contributed by atoms with E-state index in [-0.39, 0.29) is 6.15 Å². The molecule has 0 aromatic carbocycles. The zero-order valence-electron chi connectivity index (χ0n) is 8.07. The molecule has 80 valence electrons. The van der Waals surface area contributed by atoms with Crippen LogP contribution in [0.15, 0.2) is 0 Å². The lowest BCUT2D eigenvalue weighted by atomic mass is 10.2. The van der Waals surface area contributed by atoms with E-state index in [0.29, 0.717) is 0 Å². The quantitative estimate of drug-likeness (QED) is 0.474. The molecule has 0 fully saturated rings. The van der Waals surface area contributed by atoms with Gasteiger partial charge in [-0.3, -0.25) is 9.59 Å². The Balaban J connectivity index is -0.000000150. The van der Waals surface area contributed by atoms with Crippen molar-refractivity contribution < 1.29 is 24.9 Å². The Labute approximate surface area is 76.8 Å². The molecule has 0 radical (unpaired) electrons. The van der Waals surface area contributed by atoms with Gasteiger partial charge in [-0.15, -0.1) is 0 Å². The molecular formula is C7H17NO5. The monoisotopic (exact) mass is 195 g/mol. The molecule has 0 aliphatic carbocycles. The van der Waals surface area contributed by atoms with E-state index in [9.17, 15) is 9.59 Å². The number of carbonyl (C=O) groups is 2. The molecule has 0 atom stereocenters. The minimum Gasteiger partial charge on any atom is -0.481 e. The van der Waals surface area contributed by atoms with Crippen molar-refractivity contribution in [1.82, 2.24) is 6.15 Å². The summed E-state index contributed by atoms with van der Waals surface area (Å²) in [4.78, 5) is 18.9. The van der Waals surface area contributed by atoms with Crippen LogP contribution in [-0.4, -0.2) is 32.9 Å². The van der Waals surface area contributed by atoms with Gasteiger partial charge < -0.3 is 21.5 Å². The van der Waals surface area contributed by atoms with Gasteiger partial charge in [0.1, 0.15) is 6.42 Å². The maximum Gasteiger partial charge on any atom is 0.314 e. The van der Waals surface area contributed by atoms with Gasteiger partial charge in [0.05, 0.1) is 5.60 Å². The van der Waals surface area contributed by atoms with Crippen LogP contribution in [0, 0.1) is 0 Å². The van der Waals surface area contributed by atoms with Crippen LogP contribution in [0.2, 0.25) is 0 Å². The normalized spacial score (nSPS) is 8.92. The van der Waals surface area contributed by atoms with Crippen LogP contribution in [0.3, 0.4) is 0 Å². The van der Waals surface area contributed by atoms with E-state index in [1.54, 1.807) is 20.8 Å². The van der Waals surface area contributed by atoms with Crippen LogP contribution in [0.1, 0.15) is 27.2 Å². The van der Waals surface area contributed by atoms with Crippen LogP contribution < -0.4 is 6.15 Å². The summed E-state index contributed by atoms with van der Waals surface area (Å²) in [6, 6.07) is 0. The number of carboxylic acids is 2. The second kappa shape index (κ2) is 7.51. The maximum absolute atomic E-state index is 9.43. The van der Waals surface area contributed by atoms with Crippen molar-refractivity contribution in [3.05, 3.63) is 0 Å². The van der Waals surface area contributed by atoms with Crippen LogP contribution in [0.5, 0.6) is 0 Å². The SMILES string of the molecule is CC(C)(C)O.N.O=C(O)CC(=O)O. The van der Waals surface area contributed by atoms with E-state index < -0.39 is 24.0 Å². The zero-order valence-corrected chi connectivity index (χ0v) is 8.07. The van der Waals surface area contributed by atoms with Gasteiger partial charge in [-0.2, -0.15) is 0 Å². The van der Waals surface area contributed by atoms with Gasteiger partial charge in [-0.05, 0) is 20.8 Å². The van der Waals surface area contributed by atoms with E-state index in [2.05, 4.69) is 0 Å². The molecule has 0 heterocycles. The Morgan fingerprint density at radius 2 is 1.23 bits per heavy atom. The number of hydrogen-bond acceptors (Lipinski definition) is 4. The molecule has 0 unspecified atom stereocenters. The van der Waals surface area contributed by atoms with Gasteiger partial charge in [0.25, 0.3) is 0 Å². The molecule has 0 aliphatic rings. The zero-order chi connectivity index (χ0) is 10.4. The minimum absolute atomic E-state index is 0. The second-order valence-corrected chi connectivity index (χ2v) is 3.14. The van der Waals surface area contributed by atoms with Gasteiger partial charge in [0.15, 0.2) is 0 Å². The first kappa shape index (κ1) is 17.8. The summed E-state index contributed by atoms with van der Waals surface area (Å²) >= 11 is 0. The number of hydrogen-bond donors (Lipinski definition) is 4. The van der Waals surface area contributed by atoms with Crippen molar-refractivity contribution >= 4 is 11.9 Å². The molecule has 0 spiro atoms. The summed E-state index contributed by atoms with van der Waals surface area (Å²) in [6.45, 7) is 5.23. The Morgan fingerprint density at radius 3 is 1.23 bits per heavy atom. The fourth-order valence-electron chi connectivity index (χ4n) is 0.129. The summed E-state index contributed by atoms with van der Waals surface area (Å²) in [5.41, 5.74) is -0.500. The summed E-state index contributed by atoms with van der Waals surface area (Å²) < 4.78 is 0. The molecule has 0 aromatic rings. The third-order valence-corrected chi connectivity index (χ3v) is 0.302. The highest BCUT2D eigenvalue weighted by molar-refractivity contribution is 5.88. The van der Waals surface area contributed by atoms with Gasteiger partial charge in [-0.25, -0.2) is 0 Å².